The maximum atomic E-state index is 13.1. The maximum absolute atomic E-state index is 13.1. The van der Waals surface area contributed by atoms with E-state index >= 15 is 0 Å². The molecule has 2 rings (SSSR count). The summed E-state index contributed by atoms with van der Waals surface area (Å²) in [6.45, 7) is 2.12. The van der Waals surface area contributed by atoms with Crippen molar-refractivity contribution >= 4 is 46.9 Å². The van der Waals surface area contributed by atoms with Crippen LogP contribution >= 0.6 is 35.0 Å². The van der Waals surface area contributed by atoms with E-state index in [1.54, 1.807) is 30.0 Å². The Morgan fingerprint density at radius 2 is 1.93 bits per heavy atom. The molecular formula is C21H23Cl2FN2S. The van der Waals surface area contributed by atoms with E-state index in [1.807, 2.05) is 18.2 Å². The van der Waals surface area contributed by atoms with E-state index in [0.29, 0.717) is 16.5 Å². The fourth-order valence-corrected chi connectivity index (χ4v) is 4.31. The molecule has 0 spiro atoms. The van der Waals surface area contributed by atoms with Gasteiger partial charge in [0.2, 0.25) is 0 Å². The van der Waals surface area contributed by atoms with Gasteiger partial charge in [0.25, 0.3) is 0 Å². The van der Waals surface area contributed by atoms with Crippen molar-refractivity contribution in [3.05, 3.63) is 75.5 Å². The molecule has 0 aliphatic carbocycles. The Kier molecular flexibility index (Phi) is 8.21. The lowest BCUT2D eigenvalue weighted by molar-refractivity contribution is 0.601. The molecule has 0 saturated carbocycles. The number of nitrogens with one attached hydrogen (secondary N) is 1. The van der Waals surface area contributed by atoms with Gasteiger partial charge in [-0.25, -0.2) is 4.39 Å². The molecule has 0 fully saturated rings. The summed E-state index contributed by atoms with van der Waals surface area (Å²) in [7, 11) is 0. The van der Waals surface area contributed by atoms with Crippen molar-refractivity contribution in [1.29, 1.82) is 5.41 Å². The lowest BCUT2D eigenvalue weighted by atomic mass is 9.97. The van der Waals surface area contributed by atoms with Crippen molar-refractivity contribution in [2.45, 2.75) is 30.9 Å². The van der Waals surface area contributed by atoms with Gasteiger partial charge >= 0.3 is 0 Å². The number of amidine groups is 1. The first-order valence-electron chi connectivity index (χ1n) is 8.60. The van der Waals surface area contributed by atoms with Crippen LogP contribution in [0.25, 0.3) is 6.08 Å². The lowest BCUT2D eigenvalue weighted by Crippen LogP contribution is -2.29. The second-order valence-corrected chi connectivity index (χ2v) is 9.11. The molecule has 0 saturated heterocycles. The fourth-order valence-electron chi connectivity index (χ4n) is 2.74. The zero-order valence-electron chi connectivity index (χ0n) is 15.1. The van der Waals surface area contributed by atoms with Gasteiger partial charge in [0, 0.05) is 27.0 Å². The van der Waals surface area contributed by atoms with Crippen molar-refractivity contribution < 1.29 is 4.39 Å². The molecule has 0 bridgehead atoms. The summed E-state index contributed by atoms with van der Waals surface area (Å²) >= 11 is 13.8. The van der Waals surface area contributed by atoms with E-state index in [1.165, 1.54) is 12.1 Å². The zero-order chi connectivity index (χ0) is 19.9. The third-order valence-corrected chi connectivity index (χ3v) is 6.18. The summed E-state index contributed by atoms with van der Waals surface area (Å²) in [5, 5.41) is 8.92. The monoisotopic (exact) mass is 424 g/mol. The number of hydrogen-bond donors (Lipinski definition) is 2. The molecular weight excluding hydrogens is 402 g/mol. The molecule has 3 N–H and O–H groups in total. The molecule has 2 nitrogen and oxygen atoms in total. The van der Waals surface area contributed by atoms with Crippen LogP contribution in [0.1, 0.15) is 30.9 Å². The number of rotatable bonds is 9. The first-order valence-corrected chi connectivity index (χ1v) is 10.3. The van der Waals surface area contributed by atoms with E-state index in [4.69, 9.17) is 34.3 Å². The molecule has 0 radical (unpaired) electrons. The van der Waals surface area contributed by atoms with Crippen LogP contribution in [0.5, 0.6) is 0 Å². The van der Waals surface area contributed by atoms with Gasteiger partial charge in [-0.05, 0) is 55.2 Å². The highest BCUT2D eigenvalue weighted by Crippen LogP contribution is 2.34. The molecule has 6 heteroatoms. The van der Waals surface area contributed by atoms with Gasteiger partial charge < -0.3 is 5.73 Å². The normalized spacial score (nSPS) is 13.6. The van der Waals surface area contributed by atoms with Crippen molar-refractivity contribution in [2.75, 3.05) is 5.75 Å². The highest BCUT2D eigenvalue weighted by Gasteiger charge is 2.25. The van der Waals surface area contributed by atoms with Crippen LogP contribution in [-0.2, 0) is 6.42 Å². The van der Waals surface area contributed by atoms with Crippen molar-refractivity contribution in [3.8, 4) is 0 Å². The van der Waals surface area contributed by atoms with Crippen molar-refractivity contribution in [3.63, 3.8) is 0 Å². The van der Waals surface area contributed by atoms with Crippen LogP contribution in [0.15, 0.2) is 48.5 Å². The van der Waals surface area contributed by atoms with E-state index < -0.39 is 0 Å². The number of benzene rings is 2. The number of thioether (sulfide) groups is 1. The smallest absolute Gasteiger partial charge is 0.123 e. The van der Waals surface area contributed by atoms with E-state index in [2.05, 4.69) is 13.0 Å². The second kappa shape index (κ2) is 10.2. The van der Waals surface area contributed by atoms with Gasteiger partial charge in [0.1, 0.15) is 5.82 Å². The standard InChI is InChI=1S/C21H23Cl2FN2S/c1-21(14-20(25)26,11-10-15-4-8-18(24)9-5-15)27-12-2-3-16-6-7-17(22)13-19(16)23/h2-9,13H,10-12,14H2,1H3,(H3,25,26). The molecule has 0 aromatic heterocycles. The summed E-state index contributed by atoms with van der Waals surface area (Å²) in [6, 6.07) is 12.0. The molecule has 1 atom stereocenters. The minimum absolute atomic E-state index is 0.172. The van der Waals surface area contributed by atoms with E-state index in [-0.39, 0.29) is 16.4 Å². The van der Waals surface area contributed by atoms with Crippen molar-refractivity contribution in [2.24, 2.45) is 5.73 Å². The van der Waals surface area contributed by atoms with Crippen LogP contribution < -0.4 is 5.73 Å². The molecule has 144 valence electrons. The molecule has 27 heavy (non-hydrogen) atoms. The fraction of sp³-hybridized carbons (Fsp3) is 0.286. The Morgan fingerprint density at radius 1 is 1.22 bits per heavy atom. The quantitative estimate of drug-likeness (QED) is 0.351. The Hall–Kier alpha value is -1.49. The molecule has 0 aliphatic heterocycles. The SMILES string of the molecule is CC(CCc1ccc(F)cc1)(CC(=N)N)SCC=Cc1ccc(Cl)cc1Cl. The lowest BCUT2D eigenvalue weighted by Gasteiger charge is -2.28. The van der Waals surface area contributed by atoms with Gasteiger partial charge in [-0.1, -0.05) is 53.6 Å². The summed E-state index contributed by atoms with van der Waals surface area (Å²) in [4.78, 5) is 0. The second-order valence-electron chi connectivity index (χ2n) is 6.66. The van der Waals surface area contributed by atoms with Gasteiger partial charge in [-0.2, -0.15) is 11.8 Å². The minimum atomic E-state index is -0.231. The van der Waals surface area contributed by atoms with Crippen LogP contribution in [0.4, 0.5) is 4.39 Å². The van der Waals surface area contributed by atoms with Crippen LogP contribution in [0.3, 0.4) is 0 Å². The highest BCUT2D eigenvalue weighted by molar-refractivity contribution is 8.00. The number of aryl methyl sites for hydroxylation is 1. The third kappa shape index (κ3) is 7.57. The summed E-state index contributed by atoms with van der Waals surface area (Å²) in [5.74, 6) is 0.714. The molecule has 0 amide bonds. The van der Waals surface area contributed by atoms with Crippen molar-refractivity contribution in [1.82, 2.24) is 0 Å². The van der Waals surface area contributed by atoms with Gasteiger partial charge in [-0.3, -0.25) is 5.41 Å². The molecule has 2 aromatic rings. The van der Waals surface area contributed by atoms with Crippen LogP contribution in [-0.4, -0.2) is 16.3 Å². The Labute approximate surface area is 174 Å². The summed E-state index contributed by atoms with van der Waals surface area (Å²) in [6.07, 6.45) is 6.19. The number of hydrogen-bond acceptors (Lipinski definition) is 2. The average molecular weight is 425 g/mol. The largest absolute Gasteiger partial charge is 0.388 e. The first-order chi connectivity index (χ1) is 12.8. The van der Waals surface area contributed by atoms with Crippen LogP contribution in [0.2, 0.25) is 10.0 Å². The third-order valence-electron chi connectivity index (χ3n) is 4.21. The maximum Gasteiger partial charge on any atom is 0.123 e. The number of halogens is 3. The van der Waals surface area contributed by atoms with Gasteiger partial charge in [-0.15, -0.1) is 0 Å². The zero-order valence-corrected chi connectivity index (χ0v) is 17.5. The highest BCUT2D eigenvalue weighted by atomic mass is 35.5. The predicted octanol–water partition coefficient (Wildman–Crippen LogP) is 6.60. The van der Waals surface area contributed by atoms with E-state index in [9.17, 15) is 4.39 Å². The Morgan fingerprint density at radius 3 is 2.56 bits per heavy atom. The summed E-state index contributed by atoms with van der Waals surface area (Å²) < 4.78 is 12.9. The molecule has 0 aliphatic rings. The minimum Gasteiger partial charge on any atom is -0.388 e. The van der Waals surface area contributed by atoms with Crippen LogP contribution in [0, 0.1) is 11.2 Å². The Balaban J connectivity index is 1.96. The Bertz CT molecular complexity index is 808. The molecule has 0 heterocycles. The van der Waals surface area contributed by atoms with Gasteiger partial charge in [0.15, 0.2) is 0 Å². The summed E-state index contributed by atoms with van der Waals surface area (Å²) in [5.41, 5.74) is 7.67. The molecule has 2 aromatic carbocycles. The predicted molar refractivity (Wildman–Crippen MR) is 118 cm³/mol. The molecule has 1 unspecified atom stereocenters. The topological polar surface area (TPSA) is 49.9 Å². The van der Waals surface area contributed by atoms with Gasteiger partial charge in [0.05, 0.1) is 5.84 Å². The van der Waals surface area contributed by atoms with E-state index in [0.717, 1.165) is 29.7 Å². The number of nitrogens with two attached hydrogens (primary N) is 1. The average Bonchev–Trinajstić information content (AvgIpc) is 2.59. The first kappa shape index (κ1) is 21.8.